The summed E-state index contributed by atoms with van der Waals surface area (Å²) in [6, 6.07) is 7.67. The molecule has 1 N–H and O–H groups in total. The van der Waals surface area contributed by atoms with E-state index in [0.29, 0.717) is 5.69 Å². The van der Waals surface area contributed by atoms with Gasteiger partial charge in [-0.2, -0.15) is 0 Å². The number of hydrogen-bond acceptors (Lipinski definition) is 4. The molecule has 19 heavy (non-hydrogen) atoms. The van der Waals surface area contributed by atoms with E-state index in [0.717, 1.165) is 17.7 Å². The molecule has 5 heteroatoms. The van der Waals surface area contributed by atoms with Crippen molar-refractivity contribution in [2.75, 3.05) is 0 Å². The van der Waals surface area contributed by atoms with Gasteiger partial charge in [-0.15, -0.1) is 0 Å². The lowest BCUT2D eigenvalue weighted by atomic mass is 10.1. The second-order valence-electron chi connectivity index (χ2n) is 3.94. The number of hydrogen-bond donors (Lipinski definition) is 1. The summed E-state index contributed by atoms with van der Waals surface area (Å²) in [6.07, 6.45) is 3.45. The third kappa shape index (κ3) is 3.07. The maximum Gasteiger partial charge on any atom is 0.339 e. The molecule has 0 amide bonds. The van der Waals surface area contributed by atoms with E-state index in [1.54, 1.807) is 0 Å². The Labute approximate surface area is 110 Å². The maximum absolute atomic E-state index is 11.0. The van der Waals surface area contributed by atoms with Gasteiger partial charge in [-0.25, -0.2) is 14.8 Å². The molecule has 0 bridgehead atoms. The Balaban J connectivity index is 2.17. The molecule has 0 atom stereocenters. The molecule has 0 saturated heterocycles. The Morgan fingerprint density at radius 2 is 2.16 bits per heavy atom. The van der Waals surface area contributed by atoms with Crippen LogP contribution in [0.25, 0.3) is 0 Å². The molecule has 5 nitrogen and oxygen atoms in total. The van der Waals surface area contributed by atoms with Crippen molar-refractivity contribution in [3.63, 3.8) is 0 Å². The van der Waals surface area contributed by atoms with E-state index in [1.807, 2.05) is 31.2 Å². The second-order valence-corrected chi connectivity index (χ2v) is 3.94. The van der Waals surface area contributed by atoms with Gasteiger partial charge in [0.15, 0.2) is 0 Å². The fraction of sp³-hybridized carbons (Fsp3) is 0.214. The zero-order chi connectivity index (χ0) is 13.7. The van der Waals surface area contributed by atoms with Gasteiger partial charge in [0.1, 0.15) is 24.2 Å². The fourth-order valence-electron chi connectivity index (χ4n) is 1.73. The first-order chi connectivity index (χ1) is 9.22. The van der Waals surface area contributed by atoms with Gasteiger partial charge in [0.05, 0.1) is 5.69 Å². The number of aryl methyl sites for hydroxylation is 1. The van der Waals surface area contributed by atoms with Crippen molar-refractivity contribution in [3.8, 4) is 5.75 Å². The Kier molecular flexibility index (Phi) is 4.07. The third-order valence-corrected chi connectivity index (χ3v) is 2.74. The van der Waals surface area contributed by atoms with Crippen molar-refractivity contribution in [2.45, 2.75) is 20.0 Å². The van der Waals surface area contributed by atoms with Crippen LogP contribution in [0.5, 0.6) is 5.75 Å². The highest BCUT2D eigenvalue weighted by Crippen LogP contribution is 2.19. The van der Waals surface area contributed by atoms with Gasteiger partial charge in [-0.1, -0.05) is 25.1 Å². The van der Waals surface area contributed by atoms with Gasteiger partial charge >= 0.3 is 5.97 Å². The molecule has 0 aliphatic carbocycles. The molecule has 1 aromatic heterocycles. The minimum atomic E-state index is -1.05. The number of carbonyl (C=O) groups is 1. The molecule has 1 aromatic carbocycles. The summed E-state index contributed by atoms with van der Waals surface area (Å²) in [7, 11) is 0. The molecular formula is C14H14N2O3. The average molecular weight is 258 g/mol. The summed E-state index contributed by atoms with van der Waals surface area (Å²) < 4.78 is 5.65. The quantitative estimate of drug-likeness (QED) is 0.891. The van der Waals surface area contributed by atoms with Gasteiger partial charge < -0.3 is 9.84 Å². The van der Waals surface area contributed by atoms with Gasteiger partial charge in [-0.3, -0.25) is 0 Å². The van der Waals surface area contributed by atoms with Crippen molar-refractivity contribution in [2.24, 2.45) is 0 Å². The maximum atomic E-state index is 11.0. The van der Waals surface area contributed by atoms with E-state index in [2.05, 4.69) is 9.97 Å². The second kappa shape index (κ2) is 5.95. The van der Waals surface area contributed by atoms with Crippen LogP contribution in [0, 0.1) is 0 Å². The fourth-order valence-corrected chi connectivity index (χ4v) is 1.73. The van der Waals surface area contributed by atoms with Crippen molar-refractivity contribution < 1.29 is 14.6 Å². The lowest BCUT2D eigenvalue weighted by Crippen LogP contribution is -2.09. The highest BCUT2D eigenvalue weighted by atomic mass is 16.5. The Bertz CT molecular complexity index is 584. The Morgan fingerprint density at radius 1 is 1.37 bits per heavy atom. The van der Waals surface area contributed by atoms with Crippen LogP contribution in [0.4, 0.5) is 0 Å². The van der Waals surface area contributed by atoms with E-state index in [-0.39, 0.29) is 12.2 Å². The van der Waals surface area contributed by atoms with Crippen molar-refractivity contribution in [1.29, 1.82) is 0 Å². The number of ether oxygens (including phenoxy) is 1. The van der Waals surface area contributed by atoms with Crippen molar-refractivity contribution in [3.05, 3.63) is 53.6 Å². The first-order valence-electron chi connectivity index (χ1n) is 5.95. The van der Waals surface area contributed by atoms with E-state index in [9.17, 15) is 4.79 Å². The Hall–Kier alpha value is -2.43. The van der Waals surface area contributed by atoms with Crippen LogP contribution in [-0.4, -0.2) is 21.0 Å². The highest BCUT2D eigenvalue weighted by molar-refractivity contribution is 5.88. The normalized spacial score (nSPS) is 10.2. The first kappa shape index (κ1) is 13.0. The number of benzene rings is 1. The summed E-state index contributed by atoms with van der Waals surface area (Å²) >= 11 is 0. The summed E-state index contributed by atoms with van der Waals surface area (Å²) in [4.78, 5) is 18.7. The minimum absolute atomic E-state index is 0.0662. The number of rotatable bonds is 5. The minimum Gasteiger partial charge on any atom is -0.487 e. The molecule has 2 aromatic rings. The van der Waals surface area contributed by atoms with Gasteiger partial charge in [0.2, 0.25) is 0 Å². The number of carboxylic acid groups (broad SMARTS) is 1. The average Bonchev–Trinajstić information content (AvgIpc) is 2.45. The van der Waals surface area contributed by atoms with E-state index in [1.165, 1.54) is 12.5 Å². The molecule has 1 heterocycles. The first-order valence-corrected chi connectivity index (χ1v) is 5.95. The molecule has 0 spiro atoms. The van der Waals surface area contributed by atoms with E-state index >= 15 is 0 Å². The van der Waals surface area contributed by atoms with Crippen LogP contribution < -0.4 is 4.74 Å². The zero-order valence-corrected chi connectivity index (χ0v) is 10.5. The molecule has 98 valence electrons. The SMILES string of the molecule is CCc1ccccc1OCc1ncncc1C(=O)O. The highest BCUT2D eigenvalue weighted by Gasteiger charge is 2.12. The molecule has 0 unspecified atom stereocenters. The monoisotopic (exact) mass is 258 g/mol. The van der Waals surface area contributed by atoms with Crippen molar-refractivity contribution >= 4 is 5.97 Å². The smallest absolute Gasteiger partial charge is 0.339 e. The predicted molar refractivity (Wildman–Crippen MR) is 69.1 cm³/mol. The third-order valence-electron chi connectivity index (χ3n) is 2.74. The van der Waals surface area contributed by atoms with Crippen LogP contribution in [-0.2, 0) is 13.0 Å². The topological polar surface area (TPSA) is 72.3 Å². The molecule has 0 radical (unpaired) electrons. The standard InChI is InChI=1S/C14H14N2O3/c1-2-10-5-3-4-6-13(10)19-8-12-11(14(17)18)7-15-9-16-12/h3-7,9H,2,8H2,1H3,(H,17,18). The lowest BCUT2D eigenvalue weighted by molar-refractivity contribution is 0.0692. The predicted octanol–water partition coefficient (Wildman–Crippen LogP) is 2.32. The van der Waals surface area contributed by atoms with Gasteiger partial charge in [0.25, 0.3) is 0 Å². The summed E-state index contributed by atoms with van der Waals surface area (Å²) in [6.45, 7) is 2.15. The van der Waals surface area contributed by atoms with Crippen LogP contribution >= 0.6 is 0 Å². The summed E-state index contributed by atoms with van der Waals surface area (Å²) in [5, 5.41) is 9.03. The number of nitrogens with zero attached hydrogens (tertiary/aromatic N) is 2. The van der Waals surface area contributed by atoms with E-state index < -0.39 is 5.97 Å². The molecule has 0 aliphatic rings. The number of aromatic nitrogens is 2. The number of carboxylic acids is 1. The molecule has 0 saturated carbocycles. The lowest BCUT2D eigenvalue weighted by Gasteiger charge is -2.10. The van der Waals surface area contributed by atoms with Gasteiger partial charge in [0, 0.05) is 6.20 Å². The molecular weight excluding hydrogens is 244 g/mol. The number of para-hydroxylation sites is 1. The Morgan fingerprint density at radius 3 is 2.89 bits per heavy atom. The largest absolute Gasteiger partial charge is 0.487 e. The van der Waals surface area contributed by atoms with Crippen LogP contribution in [0.1, 0.15) is 28.5 Å². The van der Waals surface area contributed by atoms with Crippen LogP contribution in [0.15, 0.2) is 36.8 Å². The molecule has 0 aliphatic heterocycles. The summed E-state index contributed by atoms with van der Waals surface area (Å²) in [5.41, 5.74) is 1.51. The molecule has 2 rings (SSSR count). The van der Waals surface area contributed by atoms with Gasteiger partial charge in [-0.05, 0) is 18.1 Å². The number of aromatic carboxylic acids is 1. The van der Waals surface area contributed by atoms with Crippen molar-refractivity contribution in [1.82, 2.24) is 9.97 Å². The van der Waals surface area contributed by atoms with E-state index in [4.69, 9.17) is 9.84 Å². The molecule has 0 fully saturated rings. The summed E-state index contributed by atoms with van der Waals surface area (Å²) in [5.74, 6) is -0.303. The zero-order valence-electron chi connectivity index (χ0n) is 10.5. The van der Waals surface area contributed by atoms with Crippen LogP contribution in [0.3, 0.4) is 0 Å². The van der Waals surface area contributed by atoms with Crippen LogP contribution in [0.2, 0.25) is 0 Å².